The Morgan fingerprint density at radius 1 is 0.241 bits per heavy atom. The average Bonchev–Trinajstić information content (AvgIpc) is 1.70. The highest BCUT2D eigenvalue weighted by atomic mass is 32.2. The fourth-order valence-electron chi connectivity index (χ4n) is 6.49. The molecule has 0 aromatic heterocycles. The molecule has 0 saturated carbocycles. The lowest BCUT2D eigenvalue weighted by atomic mass is 10.3. The minimum Gasteiger partial charge on any atom is -0.348 e. The quantitative estimate of drug-likeness (QED) is 0.233. The van der Waals surface area contributed by atoms with Crippen molar-refractivity contribution in [2.24, 2.45) is 47.3 Å². The number of hydrogen-bond donors (Lipinski definition) is 0. The van der Waals surface area contributed by atoms with Crippen LogP contribution in [0.4, 0.5) is 0 Å². The number of rotatable bonds is 1. The van der Waals surface area contributed by atoms with Gasteiger partial charge in [-0.1, -0.05) is 315 Å². The van der Waals surface area contributed by atoms with Gasteiger partial charge in [0.05, 0.1) is 57.6 Å². The van der Waals surface area contributed by atoms with E-state index in [4.69, 9.17) is 14.4 Å². The predicted molar refractivity (Wildman–Crippen MR) is 546 cm³/mol. The third kappa shape index (κ3) is 165. The summed E-state index contributed by atoms with van der Waals surface area (Å²) in [7, 11) is 37.2. The molecule has 0 atom stereocenters. The molecule has 25 heteroatoms. The molecule has 9 rings (SSSR count). The fraction of sp³-hybridized carbons (Fsp3) is 1.00. The molecule has 9 aliphatic rings. The Morgan fingerprint density at radius 2 is 0.569 bits per heavy atom. The smallest absolute Gasteiger partial charge is 0.122 e. The van der Waals surface area contributed by atoms with Gasteiger partial charge in [0.25, 0.3) is 0 Å². The third-order valence-electron chi connectivity index (χ3n) is 11.3. The molecule has 0 amide bonds. The molecule has 0 radical (unpaired) electrons. The number of thioether (sulfide) groups is 1. The molecule has 116 heavy (non-hydrogen) atoms. The van der Waals surface area contributed by atoms with Crippen LogP contribution in [0.25, 0.3) is 0 Å². The van der Waals surface area contributed by atoms with Crippen LogP contribution in [-0.4, -0.2) is 336 Å². The Bertz CT molecular complexity index is 1360. The SMILES string of the molecule is CC.CC.CC.CC.CC.CC.CC.CC.CC.CC(C)C.CC(C)C.CC(C)C.CC(C)C.CC(C)C.CC(C)C.CC(C)C.CC(C)C.CC(C)N1CN(C)N(C)N1C.CN1CCCN1C.CN1CCCO1.CN1CCCS1.CN1CN(C)N(C)C1.CN1COCN1C.CN1CON(C)C1.CN1CSCN1C.CN1CSN(C)C1. The molecule has 22 nitrogen and oxygen atoms in total. The van der Waals surface area contributed by atoms with Gasteiger partial charge in [0.15, 0.2) is 0 Å². The molecule has 730 valence electrons. The second-order valence-corrected chi connectivity index (χ2v) is 35.5. The van der Waals surface area contributed by atoms with Crippen LogP contribution >= 0.6 is 35.7 Å². The topological polar surface area (TPSA) is 89.2 Å². The Labute approximate surface area is 753 Å². The molecule has 9 heterocycles. The lowest BCUT2D eigenvalue weighted by Crippen LogP contribution is -2.43. The zero-order chi connectivity index (χ0) is 96.6. The molecular formula is C91H235N19O3S3. The highest BCUT2D eigenvalue weighted by molar-refractivity contribution is 7.99. The highest BCUT2D eigenvalue weighted by Crippen LogP contribution is 2.17. The molecule has 0 spiro atoms. The maximum absolute atomic E-state index is 5.02. The summed E-state index contributed by atoms with van der Waals surface area (Å²) in [6.07, 6.45) is 3.89. The number of nitrogens with zero attached hydrogens (tertiary/aromatic N) is 19. The van der Waals surface area contributed by atoms with Crippen molar-refractivity contribution in [3.8, 4) is 0 Å². The van der Waals surface area contributed by atoms with Gasteiger partial charge in [-0.15, -0.1) is 11.8 Å². The van der Waals surface area contributed by atoms with Crippen molar-refractivity contribution in [1.82, 2.24) is 93.8 Å². The van der Waals surface area contributed by atoms with E-state index in [1.807, 2.05) is 211 Å². The van der Waals surface area contributed by atoms with Crippen molar-refractivity contribution >= 4 is 35.7 Å². The van der Waals surface area contributed by atoms with Crippen LogP contribution in [0.15, 0.2) is 0 Å². The van der Waals surface area contributed by atoms with Gasteiger partial charge in [0.2, 0.25) is 0 Å². The van der Waals surface area contributed by atoms with Gasteiger partial charge in [-0.3, -0.25) is 28.7 Å². The van der Waals surface area contributed by atoms with Crippen LogP contribution in [-0.2, 0) is 14.4 Å². The van der Waals surface area contributed by atoms with Crippen LogP contribution in [0.1, 0.15) is 324 Å². The van der Waals surface area contributed by atoms with Gasteiger partial charge in [0.1, 0.15) is 20.2 Å². The molecule has 0 aromatic rings. The van der Waals surface area contributed by atoms with Crippen molar-refractivity contribution in [2.75, 3.05) is 237 Å². The Hall–Kier alpha value is 0.170. The van der Waals surface area contributed by atoms with E-state index in [1.165, 1.54) is 44.6 Å². The second kappa shape index (κ2) is 124. The standard InChI is InChI=1S/C7H18N4.C5H13N3.C5H12N2.2C4H10N2O.2C4H10N2S.C4H9NO.C4H9NS.8C4H10.9C2H6/c1-7(2)11-6-8(3)9(4)10(11)5;1-6-4-7(2)8(3)5-6;1-6-4-3-5-7(6)2;1-5-3-7-4-6(5)2;1-5-3-6(2)7-4-5;1-5-3-7-4-6(5)2;1-5-3-6(2)7-4-5;2*1-5-3-2-4-6-5;8*1-4(2)3;9*1-2/h7H,6H2,1-5H3;4-5H2,1-3H3;3-5H2,1-2H3;4*3-4H2,1-2H3;2*2-4H2,1H3;8*4H,1-3H3;9*1-2H3. The van der Waals surface area contributed by atoms with Gasteiger partial charge < -0.3 is 4.74 Å². The fourth-order valence-corrected chi connectivity index (χ4v) is 9.08. The van der Waals surface area contributed by atoms with E-state index in [1.54, 1.807) is 5.06 Å². The average molecular weight is 1740 g/mol. The molecule has 9 fully saturated rings. The van der Waals surface area contributed by atoms with Gasteiger partial charge >= 0.3 is 0 Å². The monoisotopic (exact) mass is 1740 g/mol. The van der Waals surface area contributed by atoms with Crippen molar-refractivity contribution in [3.05, 3.63) is 0 Å². The van der Waals surface area contributed by atoms with Crippen LogP contribution in [0.2, 0.25) is 0 Å². The maximum Gasteiger partial charge on any atom is 0.122 e. The summed E-state index contributed by atoms with van der Waals surface area (Å²) in [6, 6.07) is 0.562. The van der Waals surface area contributed by atoms with Crippen LogP contribution in [0.3, 0.4) is 0 Å². The summed E-state index contributed by atoms with van der Waals surface area (Å²) in [5.74, 6) is 11.4. The molecule has 0 bridgehead atoms. The van der Waals surface area contributed by atoms with Crippen molar-refractivity contribution in [2.45, 2.75) is 330 Å². The minimum absolute atomic E-state index is 0.562. The second-order valence-electron chi connectivity index (χ2n) is 32.1. The first-order valence-electron chi connectivity index (χ1n) is 46.1. The van der Waals surface area contributed by atoms with Crippen molar-refractivity contribution in [1.29, 1.82) is 0 Å². The predicted octanol–water partition coefficient (Wildman–Crippen LogP) is 24.0. The number of hydrogen-bond acceptors (Lipinski definition) is 25. The molecular weight excluding hydrogens is 1500 g/mol. The van der Waals surface area contributed by atoms with Gasteiger partial charge in [-0.05, 0) is 116 Å². The molecule has 0 unspecified atom stereocenters. The normalized spacial score (nSPS) is 17.9. The summed E-state index contributed by atoms with van der Waals surface area (Å²) >= 11 is 5.74. The van der Waals surface area contributed by atoms with Crippen molar-refractivity contribution < 1.29 is 14.4 Å². The Morgan fingerprint density at radius 3 is 0.655 bits per heavy atom. The minimum atomic E-state index is 0.562. The maximum atomic E-state index is 5.02. The van der Waals surface area contributed by atoms with E-state index >= 15 is 0 Å². The molecule has 0 N–H and O–H groups in total. The van der Waals surface area contributed by atoms with Gasteiger partial charge in [0, 0.05) is 130 Å². The van der Waals surface area contributed by atoms with Gasteiger partial charge in [-0.2, -0.15) is 20.4 Å². The van der Waals surface area contributed by atoms with E-state index in [0.29, 0.717) is 6.04 Å². The summed E-state index contributed by atoms with van der Waals surface area (Å²) in [5.41, 5.74) is 0. The van der Waals surface area contributed by atoms with E-state index in [0.717, 1.165) is 132 Å². The van der Waals surface area contributed by atoms with Crippen LogP contribution in [0, 0.1) is 47.3 Å². The Balaban J connectivity index is -0.0000000595. The molecule has 0 aromatic carbocycles. The first-order chi connectivity index (χ1) is 53.9. The number of ether oxygens (including phenoxy) is 1. The summed E-state index contributed by atoms with van der Waals surface area (Å²) in [4.78, 5) is 16.6. The lowest BCUT2D eigenvalue weighted by molar-refractivity contribution is -0.143. The molecule has 9 aliphatic heterocycles. The largest absolute Gasteiger partial charge is 0.348 e. The zero-order valence-corrected chi connectivity index (χ0v) is 94.7. The molecule has 0 aliphatic carbocycles. The van der Waals surface area contributed by atoms with E-state index in [9.17, 15) is 0 Å². The highest BCUT2D eigenvalue weighted by Gasteiger charge is 2.29. The summed E-state index contributed by atoms with van der Waals surface area (Å²) in [6.45, 7) is 105. The first kappa shape index (κ1) is 157. The van der Waals surface area contributed by atoms with E-state index in [-0.39, 0.29) is 0 Å². The number of hydrazine groups is 7. The van der Waals surface area contributed by atoms with E-state index < -0.39 is 0 Å². The Kier molecular flexibility index (Phi) is 167. The van der Waals surface area contributed by atoms with Gasteiger partial charge in [-0.25, -0.2) is 54.4 Å². The lowest BCUT2D eigenvalue weighted by Gasteiger charge is -2.29. The van der Waals surface area contributed by atoms with E-state index in [2.05, 4.69) is 345 Å². The van der Waals surface area contributed by atoms with Crippen molar-refractivity contribution in [3.63, 3.8) is 0 Å². The van der Waals surface area contributed by atoms with Crippen LogP contribution < -0.4 is 0 Å². The third-order valence-corrected chi connectivity index (χ3v) is 14.6. The molecule has 9 saturated heterocycles. The number of hydroxylamine groups is 4. The summed E-state index contributed by atoms with van der Waals surface area (Å²) in [5, 5.41) is 29.6. The zero-order valence-electron chi connectivity index (χ0n) is 92.3. The summed E-state index contributed by atoms with van der Waals surface area (Å²) < 4.78 is 9.52. The van der Waals surface area contributed by atoms with Crippen LogP contribution in [0.5, 0.6) is 0 Å². The first-order valence-corrected chi connectivity index (χ1v) is 49.1.